The molecule has 0 unspecified atom stereocenters. The van der Waals surface area contributed by atoms with Gasteiger partial charge in [-0.15, -0.1) is 0 Å². The Morgan fingerprint density at radius 2 is 1.83 bits per heavy atom. The number of aromatic nitrogens is 1. The van der Waals surface area contributed by atoms with Crippen molar-refractivity contribution in [3.63, 3.8) is 0 Å². The fraction of sp³-hybridized carbons (Fsp3) is 0.321. The predicted molar refractivity (Wildman–Crippen MR) is 139 cm³/mol. The quantitative estimate of drug-likeness (QED) is 0.238. The zero-order valence-electron chi connectivity index (χ0n) is 20.0. The van der Waals surface area contributed by atoms with E-state index in [1.54, 1.807) is 6.20 Å². The third-order valence-corrected chi connectivity index (χ3v) is 7.10. The van der Waals surface area contributed by atoms with E-state index in [9.17, 15) is 15.1 Å². The second kappa shape index (κ2) is 10.9. The maximum atomic E-state index is 11.3. The smallest absolute Gasteiger partial charge is 0.306 e. The maximum absolute atomic E-state index is 11.3. The van der Waals surface area contributed by atoms with Gasteiger partial charge in [0.05, 0.1) is 11.6 Å². The molecule has 1 aliphatic heterocycles. The van der Waals surface area contributed by atoms with E-state index in [-0.39, 0.29) is 11.8 Å². The summed E-state index contributed by atoms with van der Waals surface area (Å²) < 4.78 is 0. The number of carbonyl (C=O) groups is 1. The largest absolute Gasteiger partial charge is 0.481 e. The molecule has 2 N–H and O–H groups in total. The number of oxime groups is 1. The Morgan fingerprint density at radius 1 is 1.11 bits per heavy atom. The lowest BCUT2D eigenvalue weighted by Gasteiger charge is -2.32. The summed E-state index contributed by atoms with van der Waals surface area (Å²) in [4.78, 5) is 17.8. The summed E-state index contributed by atoms with van der Waals surface area (Å²) in [5, 5.41) is 23.5. The van der Waals surface area contributed by atoms with Gasteiger partial charge in [-0.3, -0.25) is 9.78 Å². The maximum Gasteiger partial charge on any atom is 0.306 e. The molecule has 2 aromatic carbocycles. The van der Waals surface area contributed by atoms with Crippen molar-refractivity contribution in [2.45, 2.75) is 39.0 Å². The molecule has 35 heavy (non-hydrogen) atoms. The number of halogens is 1. The number of benzene rings is 2. The predicted octanol–water partition coefficient (Wildman–Crippen LogP) is 6.05. The molecule has 0 spiro atoms. The zero-order valence-corrected chi connectivity index (χ0v) is 20.7. The van der Waals surface area contributed by atoms with E-state index in [4.69, 9.17) is 11.6 Å². The van der Waals surface area contributed by atoms with E-state index in [2.05, 4.69) is 39.3 Å². The van der Waals surface area contributed by atoms with Crippen LogP contribution in [-0.4, -0.2) is 40.1 Å². The van der Waals surface area contributed by atoms with Gasteiger partial charge >= 0.3 is 5.97 Å². The lowest BCUT2D eigenvalue weighted by molar-refractivity contribution is -0.142. The van der Waals surface area contributed by atoms with E-state index in [0.29, 0.717) is 30.0 Å². The average molecular weight is 492 g/mol. The second-order valence-electron chi connectivity index (χ2n) is 9.18. The summed E-state index contributed by atoms with van der Waals surface area (Å²) in [5.41, 5.74) is 6.68. The molecule has 0 aliphatic carbocycles. The van der Waals surface area contributed by atoms with Gasteiger partial charge in [-0.25, -0.2) is 0 Å². The zero-order chi connectivity index (χ0) is 24.9. The Bertz CT molecular complexity index is 1220. The Labute approximate surface area is 210 Å². The monoisotopic (exact) mass is 491 g/mol. The summed E-state index contributed by atoms with van der Waals surface area (Å²) in [6.07, 6.45) is 3.54. The summed E-state index contributed by atoms with van der Waals surface area (Å²) in [6, 6.07) is 18.1. The van der Waals surface area contributed by atoms with Crippen LogP contribution in [-0.2, 0) is 4.79 Å². The minimum atomic E-state index is -0.702. The molecule has 1 atom stereocenters. The van der Waals surface area contributed by atoms with Crippen LogP contribution in [0.2, 0.25) is 5.02 Å². The van der Waals surface area contributed by atoms with E-state index in [0.717, 1.165) is 46.7 Å². The summed E-state index contributed by atoms with van der Waals surface area (Å²) in [5.74, 6) is -0.999. The molecule has 6 nitrogen and oxygen atoms in total. The molecule has 3 aromatic rings. The van der Waals surface area contributed by atoms with Crippen molar-refractivity contribution in [3.8, 4) is 0 Å². The highest BCUT2D eigenvalue weighted by Crippen LogP contribution is 2.34. The van der Waals surface area contributed by atoms with E-state index >= 15 is 0 Å². The van der Waals surface area contributed by atoms with Gasteiger partial charge in [-0.05, 0) is 79.8 Å². The SMILES string of the molecule is Cc1cc(/C(C[C@H](c2ccc(N3CCC(C(=O)O)CC3)cc2)c2ccc(Cl)cc2C)=N\O)ccn1. The van der Waals surface area contributed by atoms with Crippen LogP contribution in [0.1, 0.15) is 53.1 Å². The summed E-state index contributed by atoms with van der Waals surface area (Å²) in [6.45, 7) is 5.43. The van der Waals surface area contributed by atoms with Crippen molar-refractivity contribution in [2.24, 2.45) is 11.1 Å². The van der Waals surface area contributed by atoms with Gasteiger partial charge in [0, 0.05) is 53.6 Å². The summed E-state index contributed by atoms with van der Waals surface area (Å²) in [7, 11) is 0. The molecule has 0 bridgehead atoms. The first-order valence-electron chi connectivity index (χ1n) is 11.8. The van der Waals surface area contributed by atoms with E-state index in [1.807, 2.05) is 44.2 Å². The van der Waals surface area contributed by atoms with Crippen LogP contribution >= 0.6 is 11.6 Å². The molecule has 1 fully saturated rings. The first-order chi connectivity index (χ1) is 16.9. The molecule has 1 aromatic heterocycles. The molecular weight excluding hydrogens is 462 g/mol. The number of aliphatic carboxylic acids is 1. The number of pyridine rings is 1. The van der Waals surface area contributed by atoms with Crippen molar-refractivity contribution >= 4 is 29.0 Å². The highest BCUT2D eigenvalue weighted by atomic mass is 35.5. The van der Waals surface area contributed by atoms with Crippen molar-refractivity contribution in [3.05, 3.63) is 93.8 Å². The van der Waals surface area contributed by atoms with Gasteiger partial charge in [0.25, 0.3) is 0 Å². The third kappa shape index (κ3) is 5.82. The molecule has 4 rings (SSSR count). The highest BCUT2D eigenvalue weighted by Gasteiger charge is 2.25. The van der Waals surface area contributed by atoms with Crippen molar-refractivity contribution in [1.82, 2.24) is 4.98 Å². The fourth-order valence-electron chi connectivity index (χ4n) is 4.87. The second-order valence-corrected chi connectivity index (χ2v) is 9.62. The van der Waals surface area contributed by atoms with Gasteiger partial charge in [0.15, 0.2) is 0 Å². The number of carboxylic acids is 1. The lowest BCUT2D eigenvalue weighted by Crippen LogP contribution is -2.36. The number of rotatable bonds is 7. The Hall–Kier alpha value is -3.38. The van der Waals surface area contributed by atoms with Crippen molar-refractivity contribution in [2.75, 3.05) is 18.0 Å². The molecule has 0 saturated carbocycles. The van der Waals surface area contributed by atoms with E-state index < -0.39 is 5.97 Å². The molecule has 2 heterocycles. The Morgan fingerprint density at radius 3 is 2.43 bits per heavy atom. The third-order valence-electron chi connectivity index (χ3n) is 6.86. The molecule has 1 saturated heterocycles. The highest BCUT2D eigenvalue weighted by molar-refractivity contribution is 6.30. The van der Waals surface area contributed by atoms with Crippen LogP contribution in [0.5, 0.6) is 0 Å². The van der Waals surface area contributed by atoms with Crippen LogP contribution < -0.4 is 4.90 Å². The Kier molecular flexibility index (Phi) is 7.71. The van der Waals surface area contributed by atoms with Gasteiger partial charge in [0.1, 0.15) is 0 Å². The standard InChI is InChI=1S/C28H30ClN3O3/c1-18-15-23(29)5-8-25(18)26(17-27(31-35)22-9-12-30-19(2)16-22)20-3-6-24(7-4-20)32-13-10-21(11-14-32)28(33)34/h3-9,12,15-16,21,26,35H,10-11,13-14,17H2,1-2H3,(H,33,34)/b31-27-/t26-/m1/s1. The van der Waals surface area contributed by atoms with Gasteiger partial charge < -0.3 is 15.2 Å². The summed E-state index contributed by atoms with van der Waals surface area (Å²) >= 11 is 6.24. The molecule has 0 radical (unpaired) electrons. The van der Waals surface area contributed by atoms with Crippen molar-refractivity contribution in [1.29, 1.82) is 0 Å². The Balaban J connectivity index is 1.63. The van der Waals surface area contributed by atoms with Gasteiger partial charge in [-0.1, -0.05) is 35.0 Å². The van der Waals surface area contributed by atoms with Crippen LogP contribution in [0.25, 0.3) is 0 Å². The fourth-order valence-corrected chi connectivity index (χ4v) is 5.10. The number of nitrogens with zero attached hydrogens (tertiary/aromatic N) is 3. The number of hydrogen-bond acceptors (Lipinski definition) is 5. The van der Waals surface area contributed by atoms with Crippen LogP contribution in [0.3, 0.4) is 0 Å². The number of hydrogen-bond donors (Lipinski definition) is 2. The van der Waals surface area contributed by atoms with Crippen LogP contribution in [0, 0.1) is 19.8 Å². The first kappa shape index (κ1) is 24.7. The number of aryl methyl sites for hydroxylation is 2. The topological polar surface area (TPSA) is 86.0 Å². The molecule has 7 heteroatoms. The molecular formula is C28H30ClN3O3. The lowest BCUT2D eigenvalue weighted by atomic mass is 9.83. The average Bonchev–Trinajstić information content (AvgIpc) is 2.86. The molecule has 182 valence electrons. The van der Waals surface area contributed by atoms with Crippen molar-refractivity contribution < 1.29 is 15.1 Å². The van der Waals surface area contributed by atoms with E-state index in [1.165, 1.54) is 0 Å². The number of piperidine rings is 1. The van der Waals surface area contributed by atoms with Gasteiger partial charge in [-0.2, -0.15) is 0 Å². The number of anilines is 1. The van der Waals surface area contributed by atoms with Gasteiger partial charge in [0.2, 0.25) is 0 Å². The molecule has 0 amide bonds. The number of carboxylic acid groups (broad SMARTS) is 1. The molecule has 1 aliphatic rings. The first-order valence-corrected chi connectivity index (χ1v) is 12.2. The minimum absolute atomic E-state index is 0.0431. The van der Waals surface area contributed by atoms with Crippen LogP contribution in [0.4, 0.5) is 5.69 Å². The minimum Gasteiger partial charge on any atom is -0.481 e. The normalized spacial score (nSPS) is 15.7. The van der Waals surface area contributed by atoms with Crippen LogP contribution in [0.15, 0.2) is 65.9 Å².